The Kier molecular flexibility index (Phi) is 5.68. The third kappa shape index (κ3) is 4.14. The van der Waals surface area contributed by atoms with E-state index in [1.165, 1.54) is 42.5 Å². The number of nitrogens with zero attached hydrogens (tertiary/aromatic N) is 2. The predicted molar refractivity (Wildman–Crippen MR) is 115 cm³/mol. The quantitative estimate of drug-likeness (QED) is 0.272. The molecule has 0 saturated heterocycles. The van der Waals surface area contributed by atoms with Gasteiger partial charge in [-0.1, -0.05) is 42.5 Å². The molecule has 1 heterocycles. The van der Waals surface area contributed by atoms with Crippen LogP contribution in [0.25, 0.3) is 16.5 Å². The number of aliphatic imine (C=N–C) groups is 1. The number of fused-ring (bicyclic) bond motifs is 1. The molecule has 174 valence electrons. The van der Waals surface area contributed by atoms with Gasteiger partial charge in [0, 0.05) is 17.0 Å². The molecule has 3 aromatic carbocycles. The Labute approximate surface area is 188 Å². The average molecular weight is 476 g/mol. The van der Waals surface area contributed by atoms with E-state index in [0.717, 1.165) is 36.5 Å². The Morgan fingerprint density at radius 3 is 1.91 bits per heavy atom. The molecule has 10 heteroatoms. The summed E-state index contributed by atoms with van der Waals surface area (Å²) in [5.41, 5.74) is -4.46. The summed E-state index contributed by atoms with van der Waals surface area (Å²) in [5, 5.41) is 11.0. The first-order valence-electron chi connectivity index (χ1n) is 9.73. The van der Waals surface area contributed by atoms with Crippen LogP contribution in [0.4, 0.5) is 32.0 Å². The van der Waals surface area contributed by atoms with Crippen LogP contribution in [0.5, 0.6) is 5.88 Å². The Morgan fingerprint density at radius 2 is 1.26 bits per heavy atom. The molecule has 1 aromatic heterocycles. The number of aromatic nitrogens is 1. The van der Waals surface area contributed by atoms with Crippen LogP contribution in [0, 0.1) is 0 Å². The fourth-order valence-electron chi connectivity index (χ4n) is 3.58. The first kappa shape index (κ1) is 23.1. The topological polar surface area (TPSA) is 54.6 Å². The van der Waals surface area contributed by atoms with Gasteiger partial charge in [-0.15, -0.1) is 0 Å². The minimum absolute atomic E-state index is 0.0529. The molecule has 4 nitrogen and oxygen atoms in total. The van der Waals surface area contributed by atoms with Crippen molar-refractivity contribution in [2.45, 2.75) is 12.4 Å². The van der Waals surface area contributed by atoms with E-state index < -0.39 is 46.3 Å². The van der Waals surface area contributed by atoms with Gasteiger partial charge in [-0.2, -0.15) is 26.3 Å². The van der Waals surface area contributed by atoms with E-state index in [1.807, 2.05) is 0 Å². The van der Waals surface area contributed by atoms with Gasteiger partial charge in [-0.25, -0.2) is 4.57 Å². The minimum Gasteiger partial charge on any atom is -0.494 e. The van der Waals surface area contributed by atoms with E-state index >= 15 is 0 Å². The fraction of sp³-hybridized carbons (Fsp3) is 0.0833. The standard InChI is InChI=1S/C24H14F6N2O2/c25-23(26,27)17-9-3-5-11-19(17)31-13-16-14-7-1-2-8-15(14)21(33)32(22(16)34)20-12-6-4-10-18(20)24(28,29)30/h1-13,34H. The fourth-order valence-corrected chi connectivity index (χ4v) is 3.58. The van der Waals surface area contributed by atoms with Crippen LogP contribution in [0.15, 0.2) is 82.6 Å². The predicted octanol–water partition coefficient (Wildman–Crippen LogP) is 6.48. The summed E-state index contributed by atoms with van der Waals surface area (Å²) in [6.07, 6.45) is -8.65. The maximum Gasteiger partial charge on any atom is 0.418 e. The van der Waals surface area contributed by atoms with Crippen LogP contribution >= 0.6 is 0 Å². The van der Waals surface area contributed by atoms with Crippen LogP contribution in [0.3, 0.4) is 0 Å². The van der Waals surface area contributed by atoms with E-state index in [4.69, 9.17) is 0 Å². The zero-order valence-electron chi connectivity index (χ0n) is 17.0. The van der Waals surface area contributed by atoms with Crippen molar-refractivity contribution in [2.75, 3.05) is 0 Å². The highest BCUT2D eigenvalue weighted by atomic mass is 19.4. The number of para-hydroxylation sites is 2. The number of aromatic hydroxyl groups is 1. The highest BCUT2D eigenvalue weighted by Gasteiger charge is 2.35. The smallest absolute Gasteiger partial charge is 0.418 e. The number of hydrogen-bond acceptors (Lipinski definition) is 3. The zero-order chi connectivity index (χ0) is 24.7. The number of hydrogen-bond donors (Lipinski definition) is 1. The third-order valence-electron chi connectivity index (χ3n) is 5.10. The number of pyridine rings is 1. The van der Waals surface area contributed by atoms with Gasteiger partial charge >= 0.3 is 12.4 Å². The third-order valence-corrected chi connectivity index (χ3v) is 5.10. The number of alkyl halides is 6. The summed E-state index contributed by atoms with van der Waals surface area (Å²) in [6.45, 7) is 0. The molecule has 0 fully saturated rings. The first-order valence-corrected chi connectivity index (χ1v) is 9.73. The van der Waals surface area contributed by atoms with Crippen LogP contribution in [-0.2, 0) is 12.4 Å². The Morgan fingerprint density at radius 1 is 0.735 bits per heavy atom. The largest absolute Gasteiger partial charge is 0.494 e. The number of benzene rings is 3. The van der Waals surface area contributed by atoms with E-state index in [-0.39, 0.29) is 16.3 Å². The van der Waals surface area contributed by atoms with E-state index in [0.29, 0.717) is 4.57 Å². The van der Waals surface area contributed by atoms with Crippen molar-refractivity contribution >= 4 is 22.7 Å². The van der Waals surface area contributed by atoms with Gasteiger partial charge in [0.25, 0.3) is 5.56 Å². The van der Waals surface area contributed by atoms with Crippen molar-refractivity contribution in [3.8, 4) is 11.6 Å². The van der Waals surface area contributed by atoms with Gasteiger partial charge in [0.1, 0.15) is 0 Å². The monoisotopic (exact) mass is 476 g/mol. The van der Waals surface area contributed by atoms with Gasteiger partial charge < -0.3 is 5.11 Å². The zero-order valence-corrected chi connectivity index (χ0v) is 17.0. The lowest BCUT2D eigenvalue weighted by molar-refractivity contribution is -0.138. The first-order chi connectivity index (χ1) is 16.0. The van der Waals surface area contributed by atoms with Crippen molar-refractivity contribution in [1.29, 1.82) is 0 Å². The van der Waals surface area contributed by atoms with Crippen LogP contribution < -0.4 is 5.56 Å². The normalized spacial score (nSPS) is 12.5. The van der Waals surface area contributed by atoms with Crippen molar-refractivity contribution in [3.63, 3.8) is 0 Å². The Balaban J connectivity index is 2.02. The summed E-state index contributed by atoms with van der Waals surface area (Å²) >= 11 is 0. The molecule has 4 rings (SSSR count). The van der Waals surface area contributed by atoms with Crippen LogP contribution in [0.2, 0.25) is 0 Å². The molecule has 0 bridgehead atoms. The molecule has 0 aliphatic carbocycles. The Hall–Kier alpha value is -4.08. The van der Waals surface area contributed by atoms with Crippen LogP contribution in [0.1, 0.15) is 16.7 Å². The molecule has 0 aliphatic rings. The van der Waals surface area contributed by atoms with Crippen molar-refractivity contribution in [2.24, 2.45) is 4.99 Å². The summed E-state index contributed by atoms with van der Waals surface area (Å²) in [7, 11) is 0. The summed E-state index contributed by atoms with van der Waals surface area (Å²) in [4.78, 5) is 16.9. The molecular formula is C24H14F6N2O2. The minimum atomic E-state index is -4.84. The van der Waals surface area contributed by atoms with Gasteiger partial charge in [-0.05, 0) is 30.3 Å². The highest BCUT2D eigenvalue weighted by Crippen LogP contribution is 2.38. The van der Waals surface area contributed by atoms with Gasteiger partial charge in [-0.3, -0.25) is 9.79 Å². The van der Waals surface area contributed by atoms with Gasteiger partial charge in [0.15, 0.2) is 0 Å². The molecule has 0 unspecified atom stereocenters. The van der Waals surface area contributed by atoms with Crippen molar-refractivity contribution in [3.05, 3.63) is 99.8 Å². The molecule has 0 atom stereocenters. The lowest BCUT2D eigenvalue weighted by Crippen LogP contribution is -2.23. The second-order valence-corrected chi connectivity index (χ2v) is 7.21. The summed E-state index contributed by atoms with van der Waals surface area (Å²) < 4.78 is 81.3. The molecule has 0 amide bonds. The highest BCUT2D eigenvalue weighted by molar-refractivity contribution is 6.02. The molecule has 4 aromatic rings. The van der Waals surface area contributed by atoms with Gasteiger partial charge in [0.05, 0.1) is 28.1 Å². The maximum atomic E-state index is 13.6. The lowest BCUT2D eigenvalue weighted by Gasteiger charge is -2.18. The molecule has 0 radical (unpaired) electrons. The number of rotatable bonds is 3. The van der Waals surface area contributed by atoms with E-state index in [9.17, 15) is 36.2 Å². The molecular weight excluding hydrogens is 462 g/mol. The Bertz CT molecular complexity index is 1470. The van der Waals surface area contributed by atoms with Crippen molar-refractivity contribution in [1.82, 2.24) is 4.57 Å². The summed E-state index contributed by atoms with van der Waals surface area (Å²) in [6, 6.07) is 14.3. The average Bonchev–Trinajstić information content (AvgIpc) is 2.78. The second-order valence-electron chi connectivity index (χ2n) is 7.21. The van der Waals surface area contributed by atoms with E-state index in [1.54, 1.807) is 0 Å². The molecule has 0 aliphatic heterocycles. The van der Waals surface area contributed by atoms with E-state index in [2.05, 4.69) is 4.99 Å². The maximum absolute atomic E-state index is 13.6. The molecule has 1 N–H and O–H groups in total. The SMILES string of the molecule is O=c1c2ccccc2c(C=Nc2ccccc2C(F)(F)F)c(O)n1-c1ccccc1C(F)(F)F. The molecule has 0 spiro atoms. The second kappa shape index (κ2) is 8.36. The van der Waals surface area contributed by atoms with Gasteiger partial charge in [0.2, 0.25) is 5.88 Å². The van der Waals surface area contributed by atoms with Crippen molar-refractivity contribution < 1.29 is 31.4 Å². The summed E-state index contributed by atoms with van der Waals surface area (Å²) in [5.74, 6) is -0.895. The molecule has 34 heavy (non-hydrogen) atoms. The lowest BCUT2D eigenvalue weighted by atomic mass is 10.1. The van der Waals surface area contributed by atoms with Crippen LogP contribution in [-0.4, -0.2) is 15.9 Å². The molecule has 0 saturated carbocycles. The number of halogens is 6.